The summed E-state index contributed by atoms with van der Waals surface area (Å²) in [7, 11) is 1.66. The summed E-state index contributed by atoms with van der Waals surface area (Å²) < 4.78 is 7.33. The smallest absolute Gasteiger partial charge is 0.119 e. The molecule has 122 valence electrons. The largest absolute Gasteiger partial charge is 0.497 e. The quantitative estimate of drug-likeness (QED) is 0.537. The van der Waals surface area contributed by atoms with E-state index in [1.807, 2.05) is 55.5 Å². The van der Waals surface area contributed by atoms with Gasteiger partial charge in [0.2, 0.25) is 0 Å². The van der Waals surface area contributed by atoms with E-state index in [0.29, 0.717) is 15.7 Å². The molecule has 2 aromatic carbocycles. The van der Waals surface area contributed by atoms with Gasteiger partial charge >= 0.3 is 0 Å². The SMILES string of the molecule is COc1ccc(-n2c(C)ccc2C=Nc2cccc(Cl)c2Cl)cc1. The molecule has 0 fully saturated rings. The summed E-state index contributed by atoms with van der Waals surface area (Å²) in [5, 5.41) is 0.947. The highest BCUT2D eigenvalue weighted by Gasteiger charge is 2.07. The first-order valence-electron chi connectivity index (χ1n) is 7.41. The molecular formula is C19H16Cl2N2O. The summed E-state index contributed by atoms with van der Waals surface area (Å²) in [6.07, 6.45) is 1.79. The van der Waals surface area contributed by atoms with Gasteiger partial charge in [-0.15, -0.1) is 0 Å². The fraction of sp³-hybridized carbons (Fsp3) is 0.105. The minimum atomic E-state index is 0.453. The second-order valence-corrected chi connectivity index (χ2v) is 6.05. The van der Waals surface area contributed by atoms with Crippen molar-refractivity contribution in [3.8, 4) is 11.4 Å². The number of hydrogen-bond acceptors (Lipinski definition) is 2. The van der Waals surface area contributed by atoms with Gasteiger partial charge in [-0.2, -0.15) is 0 Å². The van der Waals surface area contributed by atoms with Gasteiger partial charge in [-0.1, -0.05) is 29.3 Å². The van der Waals surface area contributed by atoms with Crippen LogP contribution in [-0.2, 0) is 0 Å². The van der Waals surface area contributed by atoms with E-state index >= 15 is 0 Å². The molecule has 0 aliphatic heterocycles. The van der Waals surface area contributed by atoms with Crippen molar-refractivity contribution in [2.24, 2.45) is 4.99 Å². The molecule has 3 nitrogen and oxygen atoms in total. The summed E-state index contributed by atoms with van der Waals surface area (Å²) >= 11 is 12.2. The minimum absolute atomic E-state index is 0.453. The van der Waals surface area contributed by atoms with E-state index < -0.39 is 0 Å². The number of aliphatic imine (C=N–C) groups is 1. The van der Waals surface area contributed by atoms with Crippen molar-refractivity contribution < 1.29 is 4.74 Å². The first kappa shape index (κ1) is 16.6. The molecule has 0 radical (unpaired) electrons. The maximum Gasteiger partial charge on any atom is 0.119 e. The number of rotatable bonds is 4. The monoisotopic (exact) mass is 358 g/mol. The molecule has 0 amide bonds. The Bertz CT molecular complexity index is 883. The number of aromatic nitrogens is 1. The van der Waals surface area contributed by atoms with E-state index in [4.69, 9.17) is 27.9 Å². The zero-order chi connectivity index (χ0) is 17.1. The Kier molecular flexibility index (Phi) is 4.93. The van der Waals surface area contributed by atoms with Crippen LogP contribution in [0.2, 0.25) is 10.0 Å². The predicted molar refractivity (Wildman–Crippen MR) is 101 cm³/mol. The van der Waals surface area contributed by atoms with Crippen LogP contribution in [-0.4, -0.2) is 17.9 Å². The van der Waals surface area contributed by atoms with Crippen molar-refractivity contribution in [3.63, 3.8) is 0 Å². The van der Waals surface area contributed by atoms with Gasteiger partial charge in [-0.25, -0.2) is 0 Å². The molecule has 0 saturated carbocycles. The third kappa shape index (κ3) is 3.32. The summed E-state index contributed by atoms with van der Waals surface area (Å²) in [5.74, 6) is 0.824. The Balaban J connectivity index is 1.98. The van der Waals surface area contributed by atoms with E-state index in [0.717, 1.165) is 22.8 Å². The van der Waals surface area contributed by atoms with Crippen LogP contribution >= 0.6 is 23.2 Å². The van der Waals surface area contributed by atoms with Crippen LogP contribution in [0.5, 0.6) is 5.75 Å². The van der Waals surface area contributed by atoms with E-state index in [-0.39, 0.29) is 0 Å². The fourth-order valence-electron chi connectivity index (χ4n) is 2.47. The third-order valence-corrected chi connectivity index (χ3v) is 4.51. The molecule has 0 bridgehead atoms. The molecule has 0 atom stereocenters. The molecular weight excluding hydrogens is 343 g/mol. The molecule has 3 rings (SSSR count). The van der Waals surface area contributed by atoms with Crippen molar-refractivity contribution in [2.45, 2.75) is 6.92 Å². The average molecular weight is 359 g/mol. The molecule has 0 aliphatic carbocycles. The van der Waals surface area contributed by atoms with Crippen molar-refractivity contribution in [1.29, 1.82) is 0 Å². The molecule has 24 heavy (non-hydrogen) atoms. The summed E-state index contributed by atoms with van der Waals surface area (Å²) in [6.45, 7) is 2.05. The maximum atomic E-state index is 6.19. The Hall–Kier alpha value is -2.23. The van der Waals surface area contributed by atoms with Crippen LogP contribution in [0.1, 0.15) is 11.4 Å². The third-order valence-electron chi connectivity index (χ3n) is 3.70. The molecule has 0 aliphatic rings. The predicted octanol–water partition coefficient (Wildman–Crippen LogP) is 5.85. The zero-order valence-corrected chi connectivity index (χ0v) is 14.8. The van der Waals surface area contributed by atoms with Gasteiger partial charge in [-0.05, 0) is 55.5 Å². The maximum absolute atomic E-state index is 6.19. The Morgan fingerprint density at radius 2 is 1.75 bits per heavy atom. The number of aryl methyl sites for hydroxylation is 1. The van der Waals surface area contributed by atoms with E-state index in [1.165, 1.54) is 0 Å². The summed E-state index contributed by atoms with van der Waals surface area (Å²) in [6, 6.07) is 17.4. The van der Waals surface area contributed by atoms with Gasteiger partial charge in [0.05, 0.1) is 34.8 Å². The Labute approximate surface area is 151 Å². The molecule has 0 N–H and O–H groups in total. The van der Waals surface area contributed by atoms with Gasteiger partial charge in [0.1, 0.15) is 5.75 Å². The molecule has 0 saturated heterocycles. The molecule has 1 heterocycles. The van der Waals surface area contributed by atoms with Crippen LogP contribution in [0.15, 0.2) is 59.6 Å². The fourth-order valence-corrected chi connectivity index (χ4v) is 2.82. The van der Waals surface area contributed by atoms with Crippen molar-refractivity contribution in [3.05, 3.63) is 76.0 Å². The lowest BCUT2D eigenvalue weighted by Crippen LogP contribution is -2.01. The second kappa shape index (κ2) is 7.12. The lowest BCUT2D eigenvalue weighted by Gasteiger charge is -2.10. The first-order chi connectivity index (χ1) is 11.6. The first-order valence-corrected chi connectivity index (χ1v) is 8.16. The zero-order valence-electron chi connectivity index (χ0n) is 13.3. The van der Waals surface area contributed by atoms with Crippen molar-refractivity contribution in [2.75, 3.05) is 7.11 Å². The van der Waals surface area contributed by atoms with Gasteiger partial charge in [-0.3, -0.25) is 4.99 Å². The standard InChI is InChI=1S/C19H16Cl2N2O/c1-13-6-7-15(12-22-18-5-3-4-17(20)19(18)21)23(13)14-8-10-16(24-2)11-9-14/h3-12H,1-2H3. The summed E-state index contributed by atoms with van der Waals surface area (Å²) in [5.41, 5.74) is 3.74. The molecule has 3 aromatic rings. The van der Waals surface area contributed by atoms with Crippen LogP contribution < -0.4 is 4.74 Å². The molecule has 1 aromatic heterocycles. The topological polar surface area (TPSA) is 26.5 Å². The van der Waals surface area contributed by atoms with Gasteiger partial charge in [0.25, 0.3) is 0 Å². The minimum Gasteiger partial charge on any atom is -0.497 e. The Morgan fingerprint density at radius 1 is 1.00 bits per heavy atom. The molecule has 5 heteroatoms. The van der Waals surface area contributed by atoms with Crippen LogP contribution in [0.3, 0.4) is 0 Å². The normalized spacial score (nSPS) is 11.2. The highest BCUT2D eigenvalue weighted by molar-refractivity contribution is 6.43. The highest BCUT2D eigenvalue weighted by atomic mass is 35.5. The number of halogens is 2. The van der Waals surface area contributed by atoms with E-state index in [1.54, 1.807) is 19.4 Å². The van der Waals surface area contributed by atoms with Crippen LogP contribution in [0, 0.1) is 6.92 Å². The van der Waals surface area contributed by atoms with Crippen LogP contribution in [0.4, 0.5) is 5.69 Å². The van der Waals surface area contributed by atoms with Crippen LogP contribution in [0.25, 0.3) is 5.69 Å². The molecule has 0 unspecified atom stereocenters. The number of methoxy groups -OCH3 is 1. The summed E-state index contributed by atoms with van der Waals surface area (Å²) in [4.78, 5) is 4.48. The van der Waals surface area contributed by atoms with Gasteiger partial charge in [0.15, 0.2) is 0 Å². The second-order valence-electron chi connectivity index (χ2n) is 5.26. The lowest BCUT2D eigenvalue weighted by atomic mass is 10.3. The number of nitrogens with zero attached hydrogens (tertiary/aromatic N) is 2. The number of benzene rings is 2. The van der Waals surface area contributed by atoms with Crippen molar-refractivity contribution >= 4 is 35.1 Å². The van der Waals surface area contributed by atoms with Crippen molar-refractivity contribution in [1.82, 2.24) is 4.57 Å². The average Bonchev–Trinajstić information content (AvgIpc) is 2.97. The number of ether oxygens (including phenoxy) is 1. The van der Waals surface area contributed by atoms with Gasteiger partial charge in [0, 0.05) is 11.4 Å². The molecule has 0 spiro atoms. The van der Waals surface area contributed by atoms with Gasteiger partial charge < -0.3 is 9.30 Å². The Morgan fingerprint density at radius 3 is 2.46 bits per heavy atom. The highest BCUT2D eigenvalue weighted by Crippen LogP contribution is 2.31. The lowest BCUT2D eigenvalue weighted by molar-refractivity contribution is 0.414. The number of hydrogen-bond donors (Lipinski definition) is 0. The van der Waals surface area contributed by atoms with E-state index in [9.17, 15) is 0 Å². The van der Waals surface area contributed by atoms with E-state index in [2.05, 4.69) is 9.56 Å².